The van der Waals surface area contributed by atoms with E-state index in [2.05, 4.69) is 20.6 Å². The maximum atomic E-state index is 13.7. The molecule has 0 unspecified atom stereocenters. The molecule has 208 valence electrons. The lowest BCUT2D eigenvalue weighted by atomic mass is 9.99. The van der Waals surface area contributed by atoms with Crippen molar-refractivity contribution in [2.45, 2.75) is 31.7 Å². The maximum Gasteiger partial charge on any atom is 0.416 e. The van der Waals surface area contributed by atoms with Crippen LogP contribution in [-0.4, -0.2) is 32.4 Å². The number of fused-ring (bicyclic) bond motifs is 1. The first-order chi connectivity index (χ1) is 19.8. The fourth-order valence-electron chi connectivity index (χ4n) is 4.60. The zero-order valence-electron chi connectivity index (χ0n) is 21.8. The van der Waals surface area contributed by atoms with Gasteiger partial charge < -0.3 is 15.2 Å². The van der Waals surface area contributed by atoms with Crippen molar-refractivity contribution in [3.63, 3.8) is 0 Å². The lowest BCUT2D eigenvalue weighted by Crippen LogP contribution is -2.48. The van der Waals surface area contributed by atoms with Crippen LogP contribution >= 0.6 is 0 Å². The summed E-state index contributed by atoms with van der Waals surface area (Å²) in [5.74, 6) is -0.701. The Balaban J connectivity index is 1.41. The number of halogens is 3. The number of hydrogen-bond acceptors (Lipinski definition) is 4. The van der Waals surface area contributed by atoms with Crippen LogP contribution < -0.4 is 10.6 Å². The van der Waals surface area contributed by atoms with Gasteiger partial charge in [-0.2, -0.15) is 13.2 Å². The standard InChI is InChI=1S/C31H26F3N5O2/c32-31(33,34)24-15-8-7-14-23(24)18-26(38-29(40)22-12-5-2-6-13-22)30(41)36-19-27-37-25-16-9-17-35-28(25)39(27)20-21-10-3-1-4-11-21/h1-17,26H,18-20H2,(H,36,41)(H,38,40)/t26-/m1/s1. The average molecular weight is 558 g/mol. The monoisotopic (exact) mass is 557 g/mol. The highest BCUT2D eigenvalue weighted by Crippen LogP contribution is 2.32. The van der Waals surface area contributed by atoms with Crippen LogP contribution in [0.5, 0.6) is 0 Å². The molecule has 7 nitrogen and oxygen atoms in total. The predicted molar refractivity (Wildman–Crippen MR) is 148 cm³/mol. The number of imidazole rings is 1. The van der Waals surface area contributed by atoms with E-state index < -0.39 is 29.6 Å². The van der Waals surface area contributed by atoms with Crippen LogP contribution in [0.15, 0.2) is 103 Å². The number of hydrogen-bond donors (Lipinski definition) is 2. The third-order valence-corrected chi connectivity index (χ3v) is 6.59. The summed E-state index contributed by atoms with van der Waals surface area (Å²) in [6.45, 7) is 0.424. The van der Waals surface area contributed by atoms with E-state index in [1.807, 2.05) is 41.0 Å². The first-order valence-electron chi connectivity index (χ1n) is 12.9. The van der Waals surface area contributed by atoms with Crippen LogP contribution in [-0.2, 0) is 30.5 Å². The van der Waals surface area contributed by atoms with Gasteiger partial charge in [0.15, 0.2) is 5.65 Å². The fraction of sp³-hybridized carbons (Fsp3) is 0.161. The van der Waals surface area contributed by atoms with Gasteiger partial charge in [-0.25, -0.2) is 9.97 Å². The topological polar surface area (TPSA) is 88.9 Å². The van der Waals surface area contributed by atoms with Crippen molar-refractivity contribution >= 4 is 23.0 Å². The van der Waals surface area contributed by atoms with Crippen molar-refractivity contribution in [1.82, 2.24) is 25.2 Å². The molecule has 2 aromatic heterocycles. The summed E-state index contributed by atoms with van der Waals surface area (Å²) in [5, 5.41) is 5.40. The molecule has 0 spiro atoms. The Bertz CT molecular complexity index is 1650. The lowest BCUT2D eigenvalue weighted by Gasteiger charge is -2.21. The molecular formula is C31H26F3N5O2. The fourth-order valence-corrected chi connectivity index (χ4v) is 4.60. The third-order valence-electron chi connectivity index (χ3n) is 6.59. The molecule has 0 aliphatic heterocycles. The van der Waals surface area contributed by atoms with E-state index in [4.69, 9.17) is 0 Å². The number of benzene rings is 3. The summed E-state index contributed by atoms with van der Waals surface area (Å²) in [6, 6.07) is 25.2. The number of aromatic nitrogens is 3. The molecule has 41 heavy (non-hydrogen) atoms. The molecule has 0 fully saturated rings. The first-order valence-corrected chi connectivity index (χ1v) is 12.9. The van der Waals surface area contributed by atoms with Gasteiger partial charge >= 0.3 is 6.18 Å². The number of carbonyl (C=O) groups excluding carboxylic acids is 2. The summed E-state index contributed by atoms with van der Waals surface area (Å²) in [5.41, 5.74) is 1.60. The zero-order valence-corrected chi connectivity index (χ0v) is 21.8. The number of amides is 2. The first kappa shape index (κ1) is 27.6. The van der Waals surface area contributed by atoms with Gasteiger partial charge in [0, 0.05) is 18.2 Å². The van der Waals surface area contributed by atoms with Gasteiger partial charge in [-0.1, -0.05) is 66.7 Å². The van der Waals surface area contributed by atoms with Gasteiger partial charge in [-0.3, -0.25) is 9.59 Å². The SMILES string of the molecule is O=C(N[C@H](Cc1ccccc1C(F)(F)F)C(=O)NCc1nc2cccnc2n1Cc1ccccc1)c1ccccc1. The third kappa shape index (κ3) is 6.60. The average Bonchev–Trinajstić information content (AvgIpc) is 3.33. The number of nitrogens with one attached hydrogen (secondary N) is 2. The molecule has 0 saturated heterocycles. The van der Waals surface area contributed by atoms with E-state index in [0.29, 0.717) is 23.5 Å². The second-order valence-corrected chi connectivity index (χ2v) is 9.41. The van der Waals surface area contributed by atoms with Gasteiger partial charge in [0.2, 0.25) is 5.91 Å². The molecule has 0 aliphatic rings. The minimum absolute atomic E-state index is 0.0271. The molecule has 0 radical (unpaired) electrons. The highest BCUT2D eigenvalue weighted by Gasteiger charge is 2.34. The Morgan fingerprint density at radius 2 is 1.54 bits per heavy atom. The van der Waals surface area contributed by atoms with Crippen LogP contribution in [0.25, 0.3) is 11.2 Å². The second kappa shape index (κ2) is 12.0. The number of alkyl halides is 3. The van der Waals surface area contributed by atoms with Gasteiger partial charge in [-0.15, -0.1) is 0 Å². The molecular weight excluding hydrogens is 531 g/mol. The zero-order chi connectivity index (χ0) is 28.8. The number of nitrogens with zero attached hydrogens (tertiary/aromatic N) is 3. The largest absolute Gasteiger partial charge is 0.416 e. The Labute approximate surface area is 234 Å². The van der Waals surface area contributed by atoms with E-state index in [9.17, 15) is 22.8 Å². The number of pyridine rings is 1. The molecule has 5 rings (SSSR count). The summed E-state index contributed by atoms with van der Waals surface area (Å²) in [6.07, 6.45) is -3.32. The van der Waals surface area contributed by atoms with Crippen molar-refractivity contribution in [3.05, 3.63) is 131 Å². The molecule has 2 amide bonds. The second-order valence-electron chi connectivity index (χ2n) is 9.41. The molecule has 0 bridgehead atoms. The predicted octanol–water partition coefficient (Wildman–Crippen LogP) is 5.16. The molecule has 0 saturated carbocycles. The summed E-state index contributed by atoms with van der Waals surface area (Å²) in [4.78, 5) is 35.5. The van der Waals surface area contributed by atoms with E-state index in [1.54, 1.807) is 42.6 Å². The quantitative estimate of drug-likeness (QED) is 0.262. The number of carbonyl (C=O) groups is 2. The molecule has 10 heteroatoms. The Morgan fingerprint density at radius 3 is 2.27 bits per heavy atom. The maximum absolute atomic E-state index is 13.7. The summed E-state index contributed by atoms with van der Waals surface area (Å²) in [7, 11) is 0. The Morgan fingerprint density at radius 1 is 0.854 bits per heavy atom. The molecule has 0 aliphatic carbocycles. The smallest absolute Gasteiger partial charge is 0.347 e. The molecule has 2 heterocycles. The number of rotatable bonds is 9. The lowest BCUT2D eigenvalue weighted by molar-refractivity contribution is -0.138. The van der Waals surface area contributed by atoms with Gasteiger partial charge in [-0.05, 0) is 41.5 Å². The minimum Gasteiger partial charge on any atom is -0.347 e. The van der Waals surface area contributed by atoms with E-state index in [1.165, 1.54) is 18.2 Å². The van der Waals surface area contributed by atoms with Gasteiger partial charge in [0.05, 0.1) is 18.7 Å². The van der Waals surface area contributed by atoms with Crippen LogP contribution in [0.4, 0.5) is 13.2 Å². The van der Waals surface area contributed by atoms with E-state index >= 15 is 0 Å². The van der Waals surface area contributed by atoms with Crippen molar-refractivity contribution in [2.75, 3.05) is 0 Å². The van der Waals surface area contributed by atoms with Gasteiger partial charge in [0.1, 0.15) is 17.4 Å². The van der Waals surface area contributed by atoms with Crippen LogP contribution in [0.2, 0.25) is 0 Å². The molecule has 2 N–H and O–H groups in total. The highest BCUT2D eigenvalue weighted by atomic mass is 19.4. The summed E-state index contributed by atoms with van der Waals surface area (Å²) < 4.78 is 43.0. The van der Waals surface area contributed by atoms with Crippen molar-refractivity contribution in [2.24, 2.45) is 0 Å². The summed E-state index contributed by atoms with van der Waals surface area (Å²) >= 11 is 0. The van der Waals surface area contributed by atoms with E-state index in [-0.39, 0.29) is 24.1 Å². The van der Waals surface area contributed by atoms with Crippen molar-refractivity contribution in [3.8, 4) is 0 Å². The Hall–Kier alpha value is -4.99. The Kier molecular flexibility index (Phi) is 8.09. The van der Waals surface area contributed by atoms with Gasteiger partial charge in [0.25, 0.3) is 5.91 Å². The van der Waals surface area contributed by atoms with E-state index in [0.717, 1.165) is 11.6 Å². The minimum atomic E-state index is -4.61. The van der Waals surface area contributed by atoms with Crippen LogP contribution in [0.3, 0.4) is 0 Å². The van der Waals surface area contributed by atoms with Crippen molar-refractivity contribution in [1.29, 1.82) is 0 Å². The van der Waals surface area contributed by atoms with Crippen LogP contribution in [0, 0.1) is 0 Å². The van der Waals surface area contributed by atoms with Crippen LogP contribution in [0.1, 0.15) is 32.9 Å². The molecule has 1 atom stereocenters. The van der Waals surface area contributed by atoms with Crippen molar-refractivity contribution < 1.29 is 22.8 Å². The normalized spacial score (nSPS) is 12.2. The molecule has 5 aromatic rings. The highest BCUT2D eigenvalue weighted by molar-refractivity contribution is 5.97. The molecule has 3 aromatic carbocycles.